The summed E-state index contributed by atoms with van der Waals surface area (Å²) in [6, 6.07) is 6.01. The Balaban J connectivity index is 1.34. The highest BCUT2D eigenvalue weighted by Gasteiger charge is 2.23. The van der Waals surface area contributed by atoms with Crippen LogP contribution in [-0.4, -0.2) is 54.2 Å². The summed E-state index contributed by atoms with van der Waals surface area (Å²) in [5, 5.41) is 1.08. The molecule has 7 nitrogen and oxygen atoms in total. The van der Waals surface area contributed by atoms with Crippen molar-refractivity contribution in [2.75, 3.05) is 54.0 Å². The van der Waals surface area contributed by atoms with Gasteiger partial charge in [0.05, 0.1) is 11.6 Å². The maximum atomic E-state index is 5.51. The number of furan rings is 1. The number of hydrogen-bond donors (Lipinski definition) is 0. The van der Waals surface area contributed by atoms with Crippen LogP contribution in [0.3, 0.4) is 0 Å². The van der Waals surface area contributed by atoms with Gasteiger partial charge in [0.2, 0.25) is 5.95 Å². The lowest BCUT2D eigenvalue weighted by atomic mass is 10.2. The van der Waals surface area contributed by atoms with Crippen LogP contribution >= 0.6 is 0 Å². The predicted octanol–water partition coefficient (Wildman–Crippen LogP) is 2.85. The highest BCUT2D eigenvalue weighted by Crippen LogP contribution is 2.27. The molecule has 27 heavy (non-hydrogen) atoms. The van der Waals surface area contributed by atoms with E-state index >= 15 is 0 Å². The van der Waals surface area contributed by atoms with Gasteiger partial charge in [0.1, 0.15) is 17.2 Å². The van der Waals surface area contributed by atoms with E-state index in [1.807, 2.05) is 18.3 Å². The first-order valence-electron chi connectivity index (χ1n) is 9.71. The van der Waals surface area contributed by atoms with Gasteiger partial charge in [-0.3, -0.25) is 0 Å². The first kappa shape index (κ1) is 16.4. The molecule has 2 saturated heterocycles. The van der Waals surface area contributed by atoms with Gasteiger partial charge in [0, 0.05) is 57.2 Å². The minimum Gasteiger partial charge on any atom is -0.464 e. The second-order valence-corrected chi connectivity index (χ2v) is 7.30. The van der Waals surface area contributed by atoms with Crippen LogP contribution in [0.15, 0.2) is 35.1 Å². The van der Waals surface area contributed by atoms with E-state index in [0.717, 1.165) is 73.5 Å². The molecule has 2 aliphatic heterocycles. The molecule has 0 spiro atoms. The normalized spacial score (nSPS) is 17.9. The number of aromatic nitrogens is 3. The van der Waals surface area contributed by atoms with Gasteiger partial charge in [-0.05, 0) is 31.9 Å². The van der Waals surface area contributed by atoms with Crippen LogP contribution in [0.4, 0.5) is 17.6 Å². The van der Waals surface area contributed by atoms with E-state index in [4.69, 9.17) is 14.4 Å². The van der Waals surface area contributed by atoms with E-state index < -0.39 is 0 Å². The van der Waals surface area contributed by atoms with Crippen molar-refractivity contribution < 1.29 is 4.42 Å². The van der Waals surface area contributed by atoms with Gasteiger partial charge >= 0.3 is 0 Å². The Bertz CT molecular complexity index is 941. The molecule has 0 radical (unpaired) electrons. The number of hydrogen-bond acceptors (Lipinski definition) is 7. The molecule has 5 rings (SSSR count). The molecule has 3 aromatic heterocycles. The molecule has 0 aliphatic carbocycles. The fraction of sp³-hybridized carbons (Fsp3) is 0.450. The monoisotopic (exact) mass is 364 g/mol. The van der Waals surface area contributed by atoms with Crippen LogP contribution < -0.4 is 14.7 Å². The molecule has 0 unspecified atom stereocenters. The summed E-state index contributed by atoms with van der Waals surface area (Å²) in [5.41, 5.74) is 1.92. The third-order valence-electron chi connectivity index (χ3n) is 5.48. The summed E-state index contributed by atoms with van der Waals surface area (Å²) in [7, 11) is 0. The van der Waals surface area contributed by atoms with Crippen molar-refractivity contribution in [3.8, 4) is 0 Å². The van der Waals surface area contributed by atoms with Crippen molar-refractivity contribution in [1.29, 1.82) is 0 Å². The number of rotatable bonds is 3. The lowest BCUT2D eigenvalue weighted by Crippen LogP contribution is -2.47. The summed E-state index contributed by atoms with van der Waals surface area (Å²) in [4.78, 5) is 21.2. The Morgan fingerprint density at radius 1 is 0.889 bits per heavy atom. The Kier molecular flexibility index (Phi) is 4.07. The van der Waals surface area contributed by atoms with E-state index in [1.54, 1.807) is 6.26 Å². The Hall–Kier alpha value is -2.83. The van der Waals surface area contributed by atoms with Crippen molar-refractivity contribution in [3.05, 3.63) is 36.4 Å². The van der Waals surface area contributed by atoms with Gasteiger partial charge in [-0.2, -0.15) is 4.98 Å². The SMILES string of the molecule is Cc1cc(N2CCCC2)nc(N2CCN(c3nccc4occc34)CC2)n1. The molecule has 3 aromatic rings. The van der Waals surface area contributed by atoms with E-state index in [0.29, 0.717) is 0 Å². The smallest absolute Gasteiger partial charge is 0.227 e. The topological polar surface area (TPSA) is 61.5 Å². The van der Waals surface area contributed by atoms with Crippen LogP contribution in [0.25, 0.3) is 11.0 Å². The van der Waals surface area contributed by atoms with Gasteiger partial charge in [0.25, 0.3) is 0 Å². The van der Waals surface area contributed by atoms with Crippen molar-refractivity contribution in [1.82, 2.24) is 15.0 Å². The van der Waals surface area contributed by atoms with Crippen molar-refractivity contribution >= 4 is 28.6 Å². The molecule has 0 atom stereocenters. The van der Waals surface area contributed by atoms with Crippen LogP contribution in [0, 0.1) is 6.92 Å². The average molecular weight is 364 g/mol. The zero-order chi connectivity index (χ0) is 18.2. The van der Waals surface area contributed by atoms with Gasteiger partial charge < -0.3 is 19.1 Å². The Morgan fingerprint density at radius 3 is 2.48 bits per heavy atom. The number of pyridine rings is 1. The standard InChI is InChI=1S/C20H24N6O/c1-15-14-18(24-7-2-3-8-24)23-20(22-15)26-11-9-25(10-12-26)19-16-5-13-27-17(16)4-6-21-19/h4-6,13-14H,2-3,7-12H2,1H3. The molecule has 7 heteroatoms. The average Bonchev–Trinajstić information content (AvgIpc) is 3.39. The van der Waals surface area contributed by atoms with Gasteiger partial charge in [0.15, 0.2) is 0 Å². The zero-order valence-corrected chi connectivity index (χ0v) is 15.6. The van der Waals surface area contributed by atoms with Gasteiger partial charge in [-0.25, -0.2) is 9.97 Å². The van der Waals surface area contributed by atoms with E-state index in [2.05, 4.69) is 32.7 Å². The third kappa shape index (κ3) is 3.07. The van der Waals surface area contributed by atoms with Crippen molar-refractivity contribution in [2.45, 2.75) is 19.8 Å². The lowest BCUT2D eigenvalue weighted by Gasteiger charge is -2.36. The summed E-state index contributed by atoms with van der Waals surface area (Å²) in [6.07, 6.45) is 6.05. The minimum atomic E-state index is 0.853. The molecule has 140 valence electrons. The third-order valence-corrected chi connectivity index (χ3v) is 5.48. The summed E-state index contributed by atoms with van der Waals surface area (Å²) >= 11 is 0. The number of nitrogens with zero attached hydrogens (tertiary/aromatic N) is 6. The van der Waals surface area contributed by atoms with Crippen LogP contribution in [0.5, 0.6) is 0 Å². The maximum absolute atomic E-state index is 5.51. The maximum Gasteiger partial charge on any atom is 0.227 e. The molecular weight excluding hydrogens is 340 g/mol. The highest BCUT2D eigenvalue weighted by atomic mass is 16.3. The molecule has 2 fully saturated rings. The van der Waals surface area contributed by atoms with E-state index in [-0.39, 0.29) is 0 Å². The van der Waals surface area contributed by atoms with Crippen molar-refractivity contribution in [2.24, 2.45) is 0 Å². The largest absolute Gasteiger partial charge is 0.464 e. The lowest BCUT2D eigenvalue weighted by molar-refractivity contribution is 0.614. The number of piperazine rings is 1. The Labute approximate surface area is 158 Å². The first-order chi connectivity index (χ1) is 13.3. The quantitative estimate of drug-likeness (QED) is 0.708. The molecule has 0 bridgehead atoms. The second kappa shape index (κ2) is 6.72. The van der Waals surface area contributed by atoms with Gasteiger partial charge in [-0.15, -0.1) is 0 Å². The fourth-order valence-electron chi connectivity index (χ4n) is 4.04. The van der Waals surface area contributed by atoms with Crippen LogP contribution in [-0.2, 0) is 0 Å². The number of anilines is 3. The molecule has 0 aromatic carbocycles. The molecule has 5 heterocycles. The summed E-state index contributed by atoms with van der Waals surface area (Å²) in [6.45, 7) is 7.83. The van der Waals surface area contributed by atoms with E-state index in [9.17, 15) is 0 Å². The minimum absolute atomic E-state index is 0.853. The first-order valence-corrected chi connectivity index (χ1v) is 9.71. The zero-order valence-electron chi connectivity index (χ0n) is 15.6. The Morgan fingerprint density at radius 2 is 1.67 bits per heavy atom. The van der Waals surface area contributed by atoms with E-state index in [1.165, 1.54) is 12.8 Å². The van der Waals surface area contributed by atoms with Crippen LogP contribution in [0.2, 0.25) is 0 Å². The summed E-state index contributed by atoms with van der Waals surface area (Å²) in [5.74, 6) is 2.93. The fourth-order valence-corrected chi connectivity index (χ4v) is 4.04. The number of aryl methyl sites for hydroxylation is 1. The molecule has 2 aliphatic rings. The second-order valence-electron chi connectivity index (χ2n) is 7.30. The molecule has 0 saturated carbocycles. The molecule has 0 N–H and O–H groups in total. The van der Waals surface area contributed by atoms with Crippen LogP contribution in [0.1, 0.15) is 18.5 Å². The van der Waals surface area contributed by atoms with Gasteiger partial charge in [-0.1, -0.05) is 0 Å². The molecular formula is C20H24N6O. The highest BCUT2D eigenvalue weighted by molar-refractivity contribution is 5.88. The predicted molar refractivity (Wildman–Crippen MR) is 107 cm³/mol. The summed E-state index contributed by atoms with van der Waals surface area (Å²) < 4.78 is 5.51. The number of fused-ring (bicyclic) bond motifs is 1. The molecule has 0 amide bonds. The van der Waals surface area contributed by atoms with Crippen molar-refractivity contribution in [3.63, 3.8) is 0 Å².